The second-order valence-electron chi connectivity index (χ2n) is 4.56. The van der Waals surface area contributed by atoms with Crippen molar-refractivity contribution >= 4 is 23.3 Å². The van der Waals surface area contributed by atoms with E-state index in [1.54, 1.807) is 0 Å². The lowest BCUT2D eigenvalue weighted by atomic mass is 9.88. The van der Waals surface area contributed by atoms with Crippen LogP contribution in [0.5, 0.6) is 0 Å². The van der Waals surface area contributed by atoms with Gasteiger partial charge < -0.3 is 15.7 Å². The molecule has 1 heterocycles. The predicted octanol–water partition coefficient (Wildman–Crippen LogP) is 1.88. The van der Waals surface area contributed by atoms with E-state index in [1.165, 1.54) is 0 Å². The molecule has 0 aliphatic carbocycles. The van der Waals surface area contributed by atoms with E-state index in [1.807, 2.05) is 25.1 Å². The average molecular weight is 255 g/mol. The van der Waals surface area contributed by atoms with Crippen LogP contribution in [-0.2, 0) is 4.79 Å². The van der Waals surface area contributed by atoms with E-state index in [2.05, 4.69) is 10.6 Å². The van der Waals surface area contributed by atoms with Gasteiger partial charge in [-0.1, -0.05) is 17.7 Å². The summed E-state index contributed by atoms with van der Waals surface area (Å²) in [4.78, 5) is 10.8. The molecule has 1 aromatic rings. The molecular formula is C12H15ClN2O2. The Balaban J connectivity index is 2.18. The maximum Gasteiger partial charge on any atom is 0.305 e. The van der Waals surface area contributed by atoms with E-state index >= 15 is 0 Å². The normalized spacial score (nSPS) is 17.3. The minimum Gasteiger partial charge on any atom is -0.481 e. The zero-order chi connectivity index (χ0) is 12.5. The number of aryl methyl sites for hydroxylation is 1. The number of aliphatic carboxylic acids is 1. The zero-order valence-electron chi connectivity index (χ0n) is 9.59. The Hall–Kier alpha value is -1.26. The molecular weight excluding hydrogens is 240 g/mol. The lowest BCUT2D eigenvalue weighted by molar-refractivity contribution is -0.138. The summed E-state index contributed by atoms with van der Waals surface area (Å²) < 4.78 is 0. The number of nitrogens with one attached hydrogen (secondary N) is 2. The number of hydrogen-bond acceptors (Lipinski definition) is 3. The lowest BCUT2D eigenvalue weighted by Crippen LogP contribution is -2.65. The topological polar surface area (TPSA) is 61.4 Å². The maximum absolute atomic E-state index is 10.8. The summed E-state index contributed by atoms with van der Waals surface area (Å²) in [6.45, 7) is 3.26. The molecule has 2 rings (SSSR count). The molecule has 0 radical (unpaired) electrons. The molecule has 0 atom stereocenters. The second-order valence-corrected chi connectivity index (χ2v) is 4.97. The molecule has 0 saturated carbocycles. The summed E-state index contributed by atoms with van der Waals surface area (Å²) in [6.07, 6.45) is 0.0876. The van der Waals surface area contributed by atoms with Gasteiger partial charge in [0.1, 0.15) is 0 Å². The van der Waals surface area contributed by atoms with Crippen molar-refractivity contribution in [2.45, 2.75) is 18.9 Å². The third-order valence-corrected chi connectivity index (χ3v) is 3.27. The van der Waals surface area contributed by atoms with E-state index < -0.39 is 11.5 Å². The van der Waals surface area contributed by atoms with Crippen molar-refractivity contribution in [3.05, 3.63) is 28.8 Å². The number of rotatable bonds is 4. The number of hydrogen-bond donors (Lipinski definition) is 3. The molecule has 92 valence electrons. The van der Waals surface area contributed by atoms with E-state index in [4.69, 9.17) is 16.7 Å². The minimum atomic E-state index is -0.803. The first kappa shape index (κ1) is 12.2. The first-order chi connectivity index (χ1) is 8.01. The van der Waals surface area contributed by atoms with Gasteiger partial charge in [-0.2, -0.15) is 0 Å². The lowest BCUT2D eigenvalue weighted by Gasteiger charge is -2.43. The highest BCUT2D eigenvalue weighted by Crippen LogP contribution is 2.29. The van der Waals surface area contributed by atoms with Crippen molar-refractivity contribution in [2.24, 2.45) is 0 Å². The second kappa shape index (κ2) is 4.55. The van der Waals surface area contributed by atoms with Crippen LogP contribution in [0, 0.1) is 6.92 Å². The van der Waals surface area contributed by atoms with Gasteiger partial charge in [0.2, 0.25) is 0 Å². The zero-order valence-corrected chi connectivity index (χ0v) is 10.3. The Bertz CT molecular complexity index is 444. The number of carboxylic acid groups (broad SMARTS) is 1. The first-order valence-corrected chi connectivity index (χ1v) is 5.85. The molecule has 1 aliphatic heterocycles. The number of benzene rings is 1. The molecule has 1 aliphatic rings. The molecule has 1 saturated heterocycles. The van der Waals surface area contributed by atoms with Crippen LogP contribution in [0.1, 0.15) is 12.0 Å². The van der Waals surface area contributed by atoms with Gasteiger partial charge >= 0.3 is 5.97 Å². The Morgan fingerprint density at radius 3 is 2.82 bits per heavy atom. The summed E-state index contributed by atoms with van der Waals surface area (Å²) in [7, 11) is 0. The predicted molar refractivity (Wildman–Crippen MR) is 67.7 cm³/mol. The highest BCUT2D eigenvalue weighted by atomic mass is 35.5. The number of anilines is 1. The monoisotopic (exact) mass is 254 g/mol. The molecule has 0 spiro atoms. The van der Waals surface area contributed by atoms with Gasteiger partial charge in [0, 0.05) is 13.1 Å². The summed E-state index contributed by atoms with van der Waals surface area (Å²) in [5, 5.41) is 15.9. The van der Waals surface area contributed by atoms with Crippen molar-refractivity contribution in [1.29, 1.82) is 0 Å². The first-order valence-electron chi connectivity index (χ1n) is 5.48. The summed E-state index contributed by atoms with van der Waals surface area (Å²) >= 11 is 6.09. The Morgan fingerprint density at radius 1 is 1.59 bits per heavy atom. The number of halogens is 1. The third-order valence-electron chi connectivity index (χ3n) is 2.94. The number of carbonyl (C=O) groups is 1. The largest absolute Gasteiger partial charge is 0.481 e. The van der Waals surface area contributed by atoms with Gasteiger partial charge in [-0.15, -0.1) is 0 Å². The van der Waals surface area contributed by atoms with Crippen LogP contribution in [0.15, 0.2) is 18.2 Å². The highest BCUT2D eigenvalue weighted by molar-refractivity contribution is 6.33. The van der Waals surface area contributed by atoms with E-state index in [0.29, 0.717) is 18.1 Å². The molecule has 0 bridgehead atoms. The van der Waals surface area contributed by atoms with Gasteiger partial charge in [0.05, 0.1) is 22.7 Å². The van der Waals surface area contributed by atoms with E-state index in [9.17, 15) is 4.79 Å². The van der Waals surface area contributed by atoms with Gasteiger partial charge in [-0.3, -0.25) is 4.79 Å². The molecule has 0 unspecified atom stereocenters. The van der Waals surface area contributed by atoms with E-state index in [-0.39, 0.29) is 6.42 Å². The Labute approximate surface area is 105 Å². The fourth-order valence-corrected chi connectivity index (χ4v) is 2.16. The van der Waals surface area contributed by atoms with Gasteiger partial charge in [0.15, 0.2) is 0 Å². The SMILES string of the molecule is Cc1ccc(Cl)c(NC2(CC(=O)O)CNC2)c1. The Kier molecular flexibility index (Phi) is 3.26. The highest BCUT2D eigenvalue weighted by Gasteiger charge is 2.39. The van der Waals surface area contributed by atoms with E-state index in [0.717, 1.165) is 11.3 Å². The van der Waals surface area contributed by atoms with Crippen molar-refractivity contribution in [1.82, 2.24) is 5.32 Å². The smallest absolute Gasteiger partial charge is 0.305 e. The van der Waals surface area contributed by atoms with Crippen LogP contribution in [0.25, 0.3) is 0 Å². The standard InChI is InChI=1S/C12H15ClN2O2/c1-8-2-3-9(13)10(4-8)15-12(5-11(16)17)6-14-7-12/h2-4,14-15H,5-7H2,1H3,(H,16,17). The van der Waals surface area contributed by atoms with Crippen LogP contribution < -0.4 is 10.6 Å². The third kappa shape index (κ3) is 2.70. The molecule has 3 N–H and O–H groups in total. The number of carboxylic acids is 1. The van der Waals surface area contributed by atoms with Crippen molar-refractivity contribution in [3.63, 3.8) is 0 Å². The van der Waals surface area contributed by atoms with Crippen molar-refractivity contribution < 1.29 is 9.90 Å². The summed E-state index contributed by atoms with van der Waals surface area (Å²) in [5.41, 5.74) is 1.48. The molecule has 17 heavy (non-hydrogen) atoms. The molecule has 4 nitrogen and oxygen atoms in total. The van der Waals surface area contributed by atoms with Crippen LogP contribution in [0.4, 0.5) is 5.69 Å². The van der Waals surface area contributed by atoms with Crippen molar-refractivity contribution in [2.75, 3.05) is 18.4 Å². The molecule has 0 aromatic heterocycles. The van der Waals surface area contributed by atoms with Crippen LogP contribution in [0.2, 0.25) is 5.02 Å². The van der Waals surface area contributed by atoms with Gasteiger partial charge in [0.25, 0.3) is 0 Å². The minimum absolute atomic E-state index is 0.0876. The molecule has 5 heteroatoms. The molecule has 1 fully saturated rings. The quantitative estimate of drug-likeness (QED) is 0.768. The molecule has 0 amide bonds. The Morgan fingerprint density at radius 2 is 2.29 bits per heavy atom. The fraction of sp³-hybridized carbons (Fsp3) is 0.417. The molecule has 1 aromatic carbocycles. The van der Waals surface area contributed by atoms with Gasteiger partial charge in [-0.25, -0.2) is 0 Å². The summed E-state index contributed by atoms with van der Waals surface area (Å²) in [5.74, 6) is -0.803. The van der Waals surface area contributed by atoms with Crippen LogP contribution in [-0.4, -0.2) is 29.7 Å². The van der Waals surface area contributed by atoms with Crippen molar-refractivity contribution in [3.8, 4) is 0 Å². The summed E-state index contributed by atoms with van der Waals surface area (Å²) in [6, 6.07) is 5.68. The van der Waals surface area contributed by atoms with Crippen LogP contribution >= 0.6 is 11.6 Å². The van der Waals surface area contributed by atoms with Crippen LogP contribution in [0.3, 0.4) is 0 Å². The maximum atomic E-state index is 10.8. The average Bonchev–Trinajstić information content (AvgIpc) is 2.19. The fourth-order valence-electron chi connectivity index (χ4n) is 1.99. The van der Waals surface area contributed by atoms with Gasteiger partial charge in [-0.05, 0) is 24.6 Å².